The molecule has 8 nitrogen and oxygen atoms in total. The molecule has 0 fully saturated rings. The van der Waals surface area contributed by atoms with E-state index in [9.17, 15) is 0 Å². The molecule has 0 aliphatic heterocycles. The number of carboxylic acids is 4. The van der Waals surface area contributed by atoms with Gasteiger partial charge in [0.25, 0.3) is 0 Å². The van der Waals surface area contributed by atoms with Gasteiger partial charge in [0, 0.05) is 23.9 Å². The third-order valence-electron chi connectivity index (χ3n) is 0. The van der Waals surface area contributed by atoms with Gasteiger partial charge in [0.1, 0.15) is 0 Å². The van der Waals surface area contributed by atoms with Gasteiger partial charge in [-0.3, -0.25) is 0 Å². The minimum atomic E-state index is -1.08. The first-order valence-corrected chi connectivity index (χ1v) is 3.63. The Hall–Kier alpha value is -0.873. The van der Waals surface area contributed by atoms with Crippen LogP contribution in [0.15, 0.2) is 0 Å². The van der Waals surface area contributed by atoms with Gasteiger partial charge in [-0.15, -0.1) is 0 Å². The van der Waals surface area contributed by atoms with Crippen LogP contribution in [-0.2, 0) is 39.3 Å². The van der Waals surface area contributed by atoms with Gasteiger partial charge in [-0.2, -0.15) is 0 Å². The molecule has 0 rings (SSSR count). The van der Waals surface area contributed by atoms with Gasteiger partial charge < -0.3 is 39.6 Å². The van der Waals surface area contributed by atoms with E-state index in [-0.39, 0.29) is 39.0 Å². The molecule has 0 aromatic carbocycles. The first-order valence-electron chi connectivity index (χ1n) is 3.63. The summed E-state index contributed by atoms with van der Waals surface area (Å²) in [6.07, 6.45) is 0. The third-order valence-corrected chi connectivity index (χ3v) is 0. The fraction of sp³-hybridized carbons (Fsp3) is 0.500. The molecule has 0 aromatic rings. The number of carbonyl (C=O) groups is 4. The van der Waals surface area contributed by atoms with Gasteiger partial charge in [-0.25, -0.2) is 0 Å². The predicted octanol–water partition coefficient (Wildman–Crippen LogP) is -7.97. The number of carboxylic acid groups (broad SMARTS) is 4. The molecule has 0 saturated carbocycles. The van der Waals surface area contributed by atoms with Crippen LogP contribution in [0.5, 0.6) is 0 Å². The van der Waals surface area contributed by atoms with Gasteiger partial charge in [0.2, 0.25) is 0 Å². The fourth-order valence-electron chi connectivity index (χ4n) is 0. The smallest absolute Gasteiger partial charge is 0.550 e. The van der Waals surface area contributed by atoms with Crippen LogP contribution in [-0.4, -0.2) is 23.9 Å². The summed E-state index contributed by atoms with van der Waals surface area (Å²) in [5.41, 5.74) is 0. The Labute approximate surface area is 130 Å². The van der Waals surface area contributed by atoms with Crippen molar-refractivity contribution in [2.75, 3.05) is 0 Å². The molecule has 0 bridgehead atoms. The van der Waals surface area contributed by atoms with Crippen LogP contribution in [0.2, 0.25) is 0 Å². The van der Waals surface area contributed by atoms with E-state index in [2.05, 4.69) is 0 Å². The van der Waals surface area contributed by atoms with Crippen LogP contribution in [0.1, 0.15) is 27.7 Å². The average Bonchev–Trinajstić information content (AvgIpc) is 1.76. The zero-order chi connectivity index (χ0) is 14.3. The molecular weight excluding hydrogens is 423 g/mol. The van der Waals surface area contributed by atoms with E-state index >= 15 is 0 Å². The van der Waals surface area contributed by atoms with Crippen molar-refractivity contribution >= 4 is 23.9 Å². The molecule has 0 amide bonds. The standard InChI is InChI=1S/4C2H4O2.Ir.Li/c4*1-2(3)4;;/h4*1H3,(H,3,4);;/q;;;;+3;+1/p-4. The monoisotopic (exact) mass is 436 g/mol. The van der Waals surface area contributed by atoms with E-state index in [0.29, 0.717) is 0 Å². The van der Waals surface area contributed by atoms with E-state index in [0.717, 1.165) is 27.7 Å². The Morgan fingerprint density at radius 1 is 0.556 bits per heavy atom. The molecule has 18 heavy (non-hydrogen) atoms. The van der Waals surface area contributed by atoms with E-state index in [1.807, 2.05) is 0 Å². The summed E-state index contributed by atoms with van der Waals surface area (Å²) >= 11 is 0. The van der Waals surface area contributed by atoms with Crippen LogP contribution >= 0.6 is 0 Å². The van der Waals surface area contributed by atoms with E-state index in [4.69, 9.17) is 39.6 Å². The first kappa shape index (κ1) is 36.0. The number of hydrogen-bond acceptors (Lipinski definition) is 8. The predicted molar refractivity (Wildman–Crippen MR) is 42.7 cm³/mol. The summed E-state index contributed by atoms with van der Waals surface area (Å²) in [5.74, 6) is -4.33. The van der Waals surface area contributed by atoms with Crippen molar-refractivity contribution in [1.29, 1.82) is 0 Å². The molecule has 0 heterocycles. The summed E-state index contributed by atoms with van der Waals surface area (Å²) in [5, 5.41) is 35.6. The molecular formula is C8H12IrLiO8. The second-order valence-electron chi connectivity index (χ2n) is 1.97. The van der Waals surface area contributed by atoms with Crippen molar-refractivity contribution in [3.63, 3.8) is 0 Å². The maximum atomic E-state index is 8.89. The topological polar surface area (TPSA) is 161 Å². The molecule has 0 radical (unpaired) electrons. The third kappa shape index (κ3) is 3960. The van der Waals surface area contributed by atoms with Gasteiger partial charge in [-0.05, 0) is 27.7 Å². The maximum absolute atomic E-state index is 8.89. The molecule has 0 aromatic heterocycles. The summed E-state index contributed by atoms with van der Waals surface area (Å²) in [4.78, 5) is 35.6. The minimum Gasteiger partial charge on any atom is -0.550 e. The van der Waals surface area contributed by atoms with Gasteiger partial charge in [0.15, 0.2) is 0 Å². The van der Waals surface area contributed by atoms with Crippen molar-refractivity contribution in [3.05, 3.63) is 0 Å². The molecule has 0 spiro atoms. The Morgan fingerprint density at radius 2 is 0.556 bits per heavy atom. The second kappa shape index (κ2) is 29.8. The average molecular weight is 435 g/mol. The quantitative estimate of drug-likeness (QED) is 0.339. The van der Waals surface area contributed by atoms with Gasteiger partial charge in [0.05, 0.1) is 0 Å². The zero-order valence-corrected chi connectivity index (χ0v) is 13.0. The number of rotatable bonds is 0. The van der Waals surface area contributed by atoms with Gasteiger partial charge >= 0.3 is 39.0 Å². The largest absolute Gasteiger partial charge is 3.00 e. The minimum absolute atomic E-state index is 0. The number of aliphatic carboxylic acids is 4. The van der Waals surface area contributed by atoms with Crippen molar-refractivity contribution in [2.45, 2.75) is 27.7 Å². The molecule has 0 aliphatic carbocycles. The zero-order valence-electron chi connectivity index (χ0n) is 10.6. The van der Waals surface area contributed by atoms with Crippen LogP contribution in [0.4, 0.5) is 0 Å². The number of carbonyl (C=O) groups excluding carboxylic acids is 4. The summed E-state index contributed by atoms with van der Waals surface area (Å²) in [7, 11) is 0. The Balaban J connectivity index is -0.0000000257. The van der Waals surface area contributed by atoms with Crippen LogP contribution in [0.25, 0.3) is 0 Å². The Kier molecular flexibility index (Phi) is 59.6. The maximum Gasteiger partial charge on any atom is 3.00 e. The van der Waals surface area contributed by atoms with E-state index < -0.39 is 23.9 Å². The molecule has 0 saturated heterocycles. The molecule has 0 unspecified atom stereocenters. The van der Waals surface area contributed by atoms with E-state index in [1.54, 1.807) is 0 Å². The van der Waals surface area contributed by atoms with Crippen molar-refractivity contribution < 1.29 is 78.6 Å². The molecule has 0 aliphatic rings. The summed E-state index contributed by atoms with van der Waals surface area (Å²) in [6.45, 7) is 3.89. The molecule has 102 valence electrons. The van der Waals surface area contributed by atoms with Crippen molar-refractivity contribution in [3.8, 4) is 0 Å². The first-order chi connectivity index (χ1) is 6.93. The second-order valence-corrected chi connectivity index (χ2v) is 1.97. The number of hydrogen-bond donors (Lipinski definition) is 0. The summed E-state index contributed by atoms with van der Waals surface area (Å²) < 4.78 is 0. The molecule has 0 N–H and O–H groups in total. The van der Waals surface area contributed by atoms with Crippen molar-refractivity contribution in [1.82, 2.24) is 0 Å². The SMILES string of the molecule is CC(=O)[O-].CC(=O)[O-].CC(=O)[O-].CC(=O)[O-].[Ir+3].[Li+]. The van der Waals surface area contributed by atoms with Gasteiger partial charge in [-0.1, -0.05) is 0 Å². The van der Waals surface area contributed by atoms with Crippen LogP contribution < -0.4 is 39.3 Å². The van der Waals surface area contributed by atoms with Crippen LogP contribution in [0, 0.1) is 0 Å². The van der Waals surface area contributed by atoms with E-state index in [1.165, 1.54) is 0 Å². The Bertz CT molecular complexity index is 167. The fourth-order valence-corrected chi connectivity index (χ4v) is 0. The molecule has 10 heteroatoms. The molecule has 0 atom stereocenters. The normalized spacial score (nSPS) is 5.56. The Morgan fingerprint density at radius 3 is 0.556 bits per heavy atom. The van der Waals surface area contributed by atoms with Crippen LogP contribution in [0.3, 0.4) is 0 Å². The summed E-state index contributed by atoms with van der Waals surface area (Å²) in [6, 6.07) is 0. The van der Waals surface area contributed by atoms with Crippen molar-refractivity contribution in [2.24, 2.45) is 0 Å².